The average molecular weight is 354 g/mol. The molecule has 25 heavy (non-hydrogen) atoms. The quantitative estimate of drug-likeness (QED) is 0.723. The number of amides is 1. The largest absolute Gasteiger partial charge is 0.351 e. The summed E-state index contributed by atoms with van der Waals surface area (Å²) in [6.07, 6.45) is 6.67. The molecule has 1 N–H and O–H groups in total. The van der Waals surface area contributed by atoms with Crippen LogP contribution in [-0.4, -0.2) is 10.5 Å². The lowest BCUT2D eigenvalue weighted by Gasteiger charge is -2.40. The summed E-state index contributed by atoms with van der Waals surface area (Å²) in [5.74, 6) is -0.233. The van der Waals surface area contributed by atoms with Crippen LogP contribution in [0.4, 0.5) is 4.39 Å². The number of thiophene rings is 1. The van der Waals surface area contributed by atoms with Crippen molar-refractivity contribution in [3.8, 4) is 5.00 Å². The monoisotopic (exact) mass is 354 g/mol. The Morgan fingerprint density at radius 3 is 2.52 bits per heavy atom. The van der Waals surface area contributed by atoms with Crippen molar-refractivity contribution in [2.24, 2.45) is 0 Å². The standard InChI is InChI=1S/C20H19FN2OS/c21-17-6-4-16(5-7-17)20(9-3-10-20)19(24)22-14-15-8-13-25-18(15)23-11-1-2-12-23/h1-2,4-8,11-13H,3,9-10,14H2,(H,22,24). The fourth-order valence-electron chi connectivity index (χ4n) is 3.45. The van der Waals surface area contributed by atoms with E-state index in [0.29, 0.717) is 6.54 Å². The highest BCUT2D eigenvalue weighted by Gasteiger charge is 2.45. The maximum atomic E-state index is 13.2. The number of nitrogens with zero attached hydrogens (tertiary/aromatic N) is 1. The lowest BCUT2D eigenvalue weighted by Crippen LogP contribution is -2.49. The lowest BCUT2D eigenvalue weighted by atomic mass is 9.64. The second kappa shape index (κ2) is 6.48. The van der Waals surface area contributed by atoms with Crippen LogP contribution in [0.3, 0.4) is 0 Å². The molecule has 1 aliphatic rings. The molecule has 5 heteroatoms. The third-order valence-corrected chi connectivity index (χ3v) is 6.01. The smallest absolute Gasteiger partial charge is 0.230 e. The van der Waals surface area contributed by atoms with Gasteiger partial charge in [0.05, 0.1) is 5.41 Å². The van der Waals surface area contributed by atoms with Gasteiger partial charge in [0, 0.05) is 24.5 Å². The van der Waals surface area contributed by atoms with E-state index in [1.54, 1.807) is 23.5 Å². The predicted octanol–water partition coefficient (Wildman–Crippen LogP) is 4.42. The van der Waals surface area contributed by atoms with Gasteiger partial charge in [0.2, 0.25) is 5.91 Å². The molecule has 2 heterocycles. The van der Waals surface area contributed by atoms with Gasteiger partial charge in [-0.2, -0.15) is 0 Å². The zero-order valence-corrected chi connectivity index (χ0v) is 14.6. The average Bonchev–Trinajstić information content (AvgIpc) is 3.24. The van der Waals surface area contributed by atoms with Crippen LogP contribution in [0.5, 0.6) is 0 Å². The van der Waals surface area contributed by atoms with Gasteiger partial charge in [-0.3, -0.25) is 4.79 Å². The molecule has 1 aromatic carbocycles. The molecule has 2 aromatic heterocycles. The number of halogens is 1. The fraction of sp³-hybridized carbons (Fsp3) is 0.250. The number of hydrogen-bond acceptors (Lipinski definition) is 2. The molecule has 0 saturated heterocycles. The first-order valence-corrected chi connectivity index (χ1v) is 9.31. The van der Waals surface area contributed by atoms with Crippen molar-refractivity contribution in [2.45, 2.75) is 31.2 Å². The number of hydrogen-bond donors (Lipinski definition) is 1. The minimum Gasteiger partial charge on any atom is -0.351 e. The van der Waals surface area contributed by atoms with Gasteiger partial charge >= 0.3 is 0 Å². The summed E-state index contributed by atoms with van der Waals surface area (Å²) in [6.45, 7) is 0.499. The van der Waals surface area contributed by atoms with Crippen molar-refractivity contribution in [1.29, 1.82) is 0 Å². The summed E-state index contributed by atoms with van der Waals surface area (Å²) in [4.78, 5) is 12.9. The SMILES string of the molecule is O=C(NCc1ccsc1-n1cccc1)C1(c2ccc(F)cc2)CCC1. The highest BCUT2D eigenvalue weighted by Crippen LogP contribution is 2.44. The number of aromatic nitrogens is 1. The maximum Gasteiger partial charge on any atom is 0.230 e. The molecule has 0 spiro atoms. The summed E-state index contributed by atoms with van der Waals surface area (Å²) >= 11 is 1.65. The van der Waals surface area contributed by atoms with Gasteiger partial charge in [0.15, 0.2) is 0 Å². The van der Waals surface area contributed by atoms with Gasteiger partial charge in [-0.25, -0.2) is 4.39 Å². The van der Waals surface area contributed by atoms with Crippen LogP contribution in [0.2, 0.25) is 0 Å². The Labute approximate surface area is 150 Å². The van der Waals surface area contributed by atoms with Crippen LogP contribution in [0.25, 0.3) is 5.00 Å². The fourth-order valence-corrected chi connectivity index (χ4v) is 4.35. The van der Waals surface area contributed by atoms with E-state index < -0.39 is 5.41 Å². The van der Waals surface area contributed by atoms with Crippen molar-refractivity contribution in [2.75, 3.05) is 0 Å². The van der Waals surface area contributed by atoms with Gasteiger partial charge in [-0.05, 0) is 54.1 Å². The lowest BCUT2D eigenvalue weighted by molar-refractivity contribution is -0.130. The molecule has 0 bridgehead atoms. The zero-order valence-electron chi connectivity index (χ0n) is 13.7. The summed E-state index contributed by atoms with van der Waals surface area (Å²) in [5.41, 5.74) is 1.51. The number of rotatable bonds is 5. The van der Waals surface area contributed by atoms with Gasteiger partial charge in [0.1, 0.15) is 10.8 Å². The molecule has 1 saturated carbocycles. The highest BCUT2D eigenvalue weighted by molar-refractivity contribution is 7.12. The van der Waals surface area contributed by atoms with Crippen molar-refractivity contribution in [3.05, 3.63) is 77.2 Å². The first-order chi connectivity index (χ1) is 12.2. The topological polar surface area (TPSA) is 34.0 Å². The van der Waals surface area contributed by atoms with E-state index in [4.69, 9.17) is 0 Å². The Morgan fingerprint density at radius 1 is 1.16 bits per heavy atom. The van der Waals surface area contributed by atoms with Crippen molar-refractivity contribution in [3.63, 3.8) is 0 Å². The van der Waals surface area contributed by atoms with Crippen LogP contribution >= 0.6 is 11.3 Å². The predicted molar refractivity (Wildman–Crippen MR) is 97.4 cm³/mol. The second-order valence-electron chi connectivity index (χ2n) is 6.47. The molecule has 4 rings (SSSR count). The molecule has 1 fully saturated rings. The zero-order chi connectivity index (χ0) is 17.3. The summed E-state index contributed by atoms with van der Waals surface area (Å²) < 4.78 is 15.3. The molecule has 0 atom stereocenters. The number of benzene rings is 1. The van der Waals surface area contributed by atoms with Gasteiger partial charge < -0.3 is 9.88 Å². The van der Waals surface area contributed by atoms with Crippen LogP contribution < -0.4 is 5.32 Å². The molecule has 0 aliphatic heterocycles. The van der Waals surface area contributed by atoms with E-state index in [0.717, 1.165) is 35.4 Å². The summed E-state index contributed by atoms with van der Waals surface area (Å²) in [7, 11) is 0. The van der Waals surface area contributed by atoms with Crippen molar-refractivity contribution < 1.29 is 9.18 Å². The van der Waals surface area contributed by atoms with E-state index in [9.17, 15) is 9.18 Å². The van der Waals surface area contributed by atoms with E-state index in [1.165, 1.54) is 12.1 Å². The summed E-state index contributed by atoms with van der Waals surface area (Å²) in [6, 6.07) is 12.4. The Bertz CT molecular complexity index is 864. The number of carbonyl (C=O) groups excluding carboxylic acids is 1. The Balaban J connectivity index is 1.51. The van der Waals surface area contributed by atoms with Crippen LogP contribution in [0.15, 0.2) is 60.2 Å². The highest BCUT2D eigenvalue weighted by atomic mass is 32.1. The van der Waals surface area contributed by atoms with E-state index in [1.807, 2.05) is 36.0 Å². The third kappa shape index (κ3) is 2.89. The molecular formula is C20H19FN2OS. The second-order valence-corrected chi connectivity index (χ2v) is 7.36. The first kappa shape index (κ1) is 16.1. The van der Waals surface area contributed by atoms with E-state index in [2.05, 4.69) is 9.88 Å². The normalized spacial score (nSPS) is 15.6. The van der Waals surface area contributed by atoms with Crippen molar-refractivity contribution in [1.82, 2.24) is 9.88 Å². The molecule has 128 valence electrons. The first-order valence-electron chi connectivity index (χ1n) is 8.43. The Kier molecular flexibility index (Phi) is 4.17. The van der Waals surface area contributed by atoms with E-state index in [-0.39, 0.29) is 11.7 Å². The molecule has 3 nitrogen and oxygen atoms in total. The third-order valence-electron chi connectivity index (χ3n) is 5.04. The molecule has 1 amide bonds. The molecule has 3 aromatic rings. The molecule has 0 radical (unpaired) electrons. The molecular weight excluding hydrogens is 335 g/mol. The van der Waals surface area contributed by atoms with Crippen molar-refractivity contribution >= 4 is 17.2 Å². The van der Waals surface area contributed by atoms with E-state index >= 15 is 0 Å². The minimum absolute atomic E-state index is 0.0371. The van der Waals surface area contributed by atoms with Gasteiger partial charge in [-0.15, -0.1) is 11.3 Å². The van der Waals surface area contributed by atoms with Crippen LogP contribution in [-0.2, 0) is 16.8 Å². The maximum absolute atomic E-state index is 13.2. The molecule has 0 unspecified atom stereocenters. The summed E-state index contributed by atoms with van der Waals surface area (Å²) in [5, 5.41) is 6.26. The van der Waals surface area contributed by atoms with Gasteiger partial charge in [0.25, 0.3) is 0 Å². The minimum atomic E-state index is -0.503. The Hall–Kier alpha value is -2.40. The number of nitrogens with one attached hydrogen (secondary N) is 1. The van der Waals surface area contributed by atoms with Crippen LogP contribution in [0.1, 0.15) is 30.4 Å². The van der Waals surface area contributed by atoms with Gasteiger partial charge in [-0.1, -0.05) is 18.6 Å². The Morgan fingerprint density at radius 2 is 1.88 bits per heavy atom. The van der Waals surface area contributed by atoms with Crippen LogP contribution in [0, 0.1) is 5.82 Å². The molecule has 1 aliphatic carbocycles. The number of carbonyl (C=O) groups is 1.